The Bertz CT molecular complexity index is 492. The lowest BCUT2D eigenvalue weighted by Crippen LogP contribution is -2.34. The molecule has 1 fully saturated rings. The molecule has 6 heteroatoms. The van der Waals surface area contributed by atoms with Gasteiger partial charge in [-0.2, -0.15) is 0 Å². The molecule has 1 heterocycles. The number of benzene rings is 1. The fourth-order valence-corrected chi connectivity index (χ4v) is 3.03. The van der Waals surface area contributed by atoms with Gasteiger partial charge in [-0.25, -0.2) is 4.79 Å². The zero-order chi connectivity index (χ0) is 16.5. The predicted octanol–water partition coefficient (Wildman–Crippen LogP) is 3.14. The Labute approximate surface area is 142 Å². The summed E-state index contributed by atoms with van der Waals surface area (Å²) in [7, 11) is 0. The molecule has 1 aliphatic rings. The van der Waals surface area contributed by atoms with Crippen molar-refractivity contribution in [2.45, 2.75) is 25.9 Å². The first-order valence-electron chi connectivity index (χ1n) is 8.19. The number of amides is 1. The predicted molar refractivity (Wildman–Crippen MR) is 90.8 cm³/mol. The highest BCUT2D eigenvalue weighted by molar-refractivity contribution is 6.30. The molecule has 5 nitrogen and oxygen atoms in total. The van der Waals surface area contributed by atoms with Crippen LogP contribution in [0, 0.1) is 5.92 Å². The van der Waals surface area contributed by atoms with Gasteiger partial charge in [-0.15, -0.1) is 0 Å². The molecule has 0 aliphatic carbocycles. The van der Waals surface area contributed by atoms with Gasteiger partial charge >= 0.3 is 6.09 Å². The van der Waals surface area contributed by atoms with Gasteiger partial charge in [-0.1, -0.05) is 23.7 Å². The van der Waals surface area contributed by atoms with Crippen LogP contribution in [-0.2, 0) is 9.47 Å². The summed E-state index contributed by atoms with van der Waals surface area (Å²) >= 11 is 6.12. The number of carbonyl (C=O) groups excluding carboxylic acids is 1. The van der Waals surface area contributed by atoms with E-state index in [1.54, 1.807) is 0 Å². The van der Waals surface area contributed by atoms with Crippen molar-refractivity contribution in [3.05, 3.63) is 34.9 Å². The average Bonchev–Trinajstić information content (AvgIpc) is 2.56. The Morgan fingerprint density at radius 1 is 1.48 bits per heavy atom. The second kappa shape index (κ2) is 9.75. The summed E-state index contributed by atoms with van der Waals surface area (Å²) in [5, 5.41) is 6.72. The first-order chi connectivity index (χ1) is 11.2. The van der Waals surface area contributed by atoms with E-state index in [0.717, 1.165) is 31.5 Å². The lowest BCUT2D eigenvalue weighted by atomic mass is 9.89. The average molecular weight is 341 g/mol. The highest BCUT2D eigenvalue weighted by Gasteiger charge is 2.26. The van der Waals surface area contributed by atoms with E-state index in [4.69, 9.17) is 21.1 Å². The quantitative estimate of drug-likeness (QED) is 0.749. The summed E-state index contributed by atoms with van der Waals surface area (Å²) in [4.78, 5) is 11.3. The molecule has 0 aromatic heterocycles. The maximum atomic E-state index is 11.3. The van der Waals surface area contributed by atoms with Crippen molar-refractivity contribution in [1.29, 1.82) is 0 Å². The van der Waals surface area contributed by atoms with Gasteiger partial charge in [0.1, 0.15) is 6.61 Å². The van der Waals surface area contributed by atoms with Crippen LogP contribution in [0.15, 0.2) is 24.3 Å². The van der Waals surface area contributed by atoms with E-state index in [-0.39, 0.29) is 12.7 Å². The monoisotopic (exact) mass is 340 g/mol. The molecule has 0 radical (unpaired) electrons. The summed E-state index contributed by atoms with van der Waals surface area (Å²) in [6.45, 7) is 4.99. The Kier molecular flexibility index (Phi) is 7.65. The highest BCUT2D eigenvalue weighted by atomic mass is 35.5. The molecule has 1 saturated heterocycles. The Morgan fingerprint density at radius 2 is 2.35 bits per heavy atom. The molecule has 0 bridgehead atoms. The van der Waals surface area contributed by atoms with E-state index in [1.807, 2.05) is 31.2 Å². The van der Waals surface area contributed by atoms with Crippen LogP contribution in [-0.4, -0.2) is 38.9 Å². The third-order valence-corrected chi connectivity index (χ3v) is 4.11. The van der Waals surface area contributed by atoms with Crippen LogP contribution in [0.25, 0.3) is 0 Å². The van der Waals surface area contributed by atoms with Gasteiger partial charge in [0.05, 0.1) is 12.7 Å². The van der Waals surface area contributed by atoms with Crippen LogP contribution in [0.2, 0.25) is 5.02 Å². The molecule has 1 aromatic carbocycles. The van der Waals surface area contributed by atoms with Crippen molar-refractivity contribution in [2.24, 2.45) is 5.92 Å². The topological polar surface area (TPSA) is 59.6 Å². The summed E-state index contributed by atoms with van der Waals surface area (Å²) < 4.78 is 11.1. The van der Waals surface area contributed by atoms with Gasteiger partial charge in [0, 0.05) is 24.0 Å². The number of piperidine rings is 1. The second-order valence-electron chi connectivity index (χ2n) is 5.62. The van der Waals surface area contributed by atoms with Crippen molar-refractivity contribution in [3.8, 4) is 0 Å². The van der Waals surface area contributed by atoms with Crippen LogP contribution in [0.1, 0.15) is 31.4 Å². The molecule has 128 valence electrons. The highest BCUT2D eigenvalue weighted by Crippen LogP contribution is 2.31. The summed E-state index contributed by atoms with van der Waals surface area (Å²) in [5.74, 6) is 0.395. The number of nitrogens with one attached hydrogen (secondary N) is 2. The second-order valence-corrected chi connectivity index (χ2v) is 6.06. The molecule has 23 heavy (non-hydrogen) atoms. The summed E-state index contributed by atoms with van der Waals surface area (Å²) in [6, 6.07) is 7.79. The third kappa shape index (κ3) is 6.01. The zero-order valence-electron chi connectivity index (χ0n) is 13.5. The van der Waals surface area contributed by atoms with E-state index in [1.165, 1.54) is 0 Å². The van der Waals surface area contributed by atoms with Crippen molar-refractivity contribution < 1.29 is 14.3 Å². The number of ether oxygens (including phenoxy) is 2. The van der Waals surface area contributed by atoms with E-state index in [2.05, 4.69) is 10.6 Å². The molecular formula is C17H25ClN2O3. The van der Waals surface area contributed by atoms with Gasteiger partial charge in [0.15, 0.2) is 0 Å². The maximum absolute atomic E-state index is 11.3. The van der Waals surface area contributed by atoms with Gasteiger partial charge < -0.3 is 20.1 Å². The molecule has 1 aliphatic heterocycles. The Balaban J connectivity index is 1.92. The number of hydrogen-bond donors (Lipinski definition) is 2. The minimum absolute atomic E-state index is 0.0423. The number of hydrogen-bond acceptors (Lipinski definition) is 4. The fraction of sp³-hybridized carbons (Fsp3) is 0.588. The van der Waals surface area contributed by atoms with Crippen LogP contribution < -0.4 is 10.6 Å². The fourth-order valence-electron chi connectivity index (χ4n) is 2.83. The van der Waals surface area contributed by atoms with E-state index in [0.29, 0.717) is 24.1 Å². The van der Waals surface area contributed by atoms with Crippen LogP contribution >= 0.6 is 11.6 Å². The first-order valence-corrected chi connectivity index (χ1v) is 8.57. The minimum Gasteiger partial charge on any atom is -0.447 e. The van der Waals surface area contributed by atoms with E-state index in [9.17, 15) is 4.79 Å². The standard InChI is InChI=1S/C17H25ClN2O3/c1-2-20-17(21)23-10-9-22-16(14-6-4-8-19-12-14)13-5-3-7-15(18)11-13/h3,5,7,11,14,16,19H,2,4,6,8-10,12H2,1H3,(H,20,21). The van der Waals surface area contributed by atoms with Gasteiger partial charge in [-0.05, 0) is 44.0 Å². The normalized spacial score (nSPS) is 19.1. The lowest BCUT2D eigenvalue weighted by molar-refractivity contribution is -0.0164. The molecule has 1 aromatic rings. The number of carbonyl (C=O) groups is 1. The number of alkyl carbamates (subject to hydrolysis) is 1. The van der Waals surface area contributed by atoms with E-state index >= 15 is 0 Å². The lowest BCUT2D eigenvalue weighted by Gasteiger charge is -2.31. The molecular weight excluding hydrogens is 316 g/mol. The smallest absolute Gasteiger partial charge is 0.407 e. The molecule has 2 rings (SSSR count). The van der Waals surface area contributed by atoms with Crippen molar-refractivity contribution in [3.63, 3.8) is 0 Å². The molecule has 0 saturated carbocycles. The summed E-state index contributed by atoms with van der Waals surface area (Å²) in [6.07, 6.45) is 1.80. The van der Waals surface area contributed by atoms with Gasteiger partial charge in [0.25, 0.3) is 0 Å². The van der Waals surface area contributed by atoms with Crippen LogP contribution in [0.3, 0.4) is 0 Å². The zero-order valence-corrected chi connectivity index (χ0v) is 14.3. The van der Waals surface area contributed by atoms with Crippen molar-refractivity contribution in [2.75, 3.05) is 32.8 Å². The number of rotatable bonds is 7. The maximum Gasteiger partial charge on any atom is 0.407 e. The van der Waals surface area contributed by atoms with Gasteiger partial charge in [-0.3, -0.25) is 0 Å². The molecule has 2 unspecified atom stereocenters. The number of halogens is 1. The molecule has 2 atom stereocenters. The van der Waals surface area contributed by atoms with Gasteiger partial charge in [0.2, 0.25) is 0 Å². The summed E-state index contributed by atoms with van der Waals surface area (Å²) in [5.41, 5.74) is 1.07. The van der Waals surface area contributed by atoms with Crippen LogP contribution in [0.5, 0.6) is 0 Å². The molecule has 0 spiro atoms. The van der Waals surface area contributed by atoms with Crippen LogP contribution in [0.4, 0.5) is 4.79 Å². The first kappa shape index (κ1) is 18.0. The largest absolute Gasteiger partial charge is 0.447 e. The Hall–Kier alpha value is -1.30. The molecule has 2 N–H and O–H groups in total. The van der Waals surface area contributed by atoms with E-state index < -0.39 is 6.09 Å². The molecule has 1 amide bonds. The van der Waals surface area contributed by atoms with Crippen molar-refractivity contribution in [1.82, 2.24) is 10.6 Å². The minimum atomic E-state index is -0.408. The Morgan fingerprint density at radius 3 is 3.04 bits per heavy atom. The SMILES string of the molecule is CCNC(=O)OCCOC(c1cccc(Cl)c1)C1CCCNC1. The van der Waals surface area contributed by atoms with Crippen molar-refractivity contribution >= 4 is 17.7 Å². The third-order valence-electron chi connectivity index (χ3n) is 3.88.